The number of halogens is 1. The second kappa shape index (κ2) is 8.17. The molecule has 0 radical (unpaired) electrons. The van der Waals surface area contributed by atoms with E-state index in [2.05, 4.69) is 70.0 Å². The van der Waals surface area contributed by atoms with Crippen LogP contribution in [0.5, 0.6) is 0 Å². The molecule has 0 saturated heterocycles. The lowest BCUT2D eigenvalue weighted by molar-refractivity contribution is 0.0918. The van der Waals surface area contributed by atoms with E-state index in [1.165, 1.54) is 11.1 Å². The van der Waals surface area contributed by atoms with Gasteiger partial charge in [-0.2, -0.15) is 0 Å². The molecule has 0 saturated carbocycles. The number of nitrogens with zero attached hydrogens (tertiary/aromatic N) is 1. The van der Waals surface area contributed by atoms with Gasteiger partial charge in [0.15, 0.2) is 0 Å². The Labute approximate surface area is 135 Å². The summed E-state index contributed by atoms with van der Waals surface area (Å²) in [5.41, 5.74) is 2.54. The lowest BCUT2D eigenvalue weighted by atomic mass is 9.87. The van der Waals surface area contributed by atoms with Gasteiger partial charge in [-0.25, -0.2) is 0 Å². The maximum absolute atomic E-state index is 6.43. The van der Waals surface area contributed by atoms with Crippen molar-refractivity contribution < 1.29 is 0 Å². The summed E-state index contributed by atoms with van der Waals surface area (Å²) in [6, 6.07) is 6.75. The van der Waals surface area contributed by atoms with Crippen LogP contribution in [-0.4, -0.2) is 36.1 Å². The minimum atomic E-state index is 0.0910. The zero-order valence-electron chi connectivity index (χ0n) is 14.5. The normalized spacial score (nSPS) is 13.7. The number of rotatable bonds is 8. The van der Waals surface area contributed by atoms with Gasteiger partial charge in [0.1, 0.15) is 0 Å². The van der Waals surface area contributed by atoms with E-state index in [1.54, 1.807) is 0 Å². The Morgan fingerprint density at radius 3 is 2.29 bits per heavy atom. The molecule has 1 N–H and O–H groups in total. The molecular weight excluding hydrogens is 280 g/mol. The van der Waals surface area contributed by atoms with Crippen molar-refractivity contribution in [3.63, 3.8) is 0 Å². The fourth-order valence-electron chi connectivity index (χ4n) is 3.11. The molecule has 1 unspecified atom stereocenters. The predicted molar refractivity (Wildman–Crippen MR) is 94.4 cm³/mol. The fourth-order valence-corrected chi connectivity index (χ4v) is 3.43. The molecule has 0 amide bonds. The highest BCUT2D eigenvalue weighted by atomic mass is 35.5. The van der Waals surface area contributed by atoms with Crippen LogP contribution in [0.1, 0.15) is 45.7 Å². The number of hydrogen-bond donors (Lipinski definition) is 1. The average molecular weight is 311 g/mol. The molecule has 0 aliphatic heterocycles. The standard InChI is InChI=1S/C18H31ClN2/c1-7-20-17(18(5,6)21(8-2)9-3)13-15-11-10-14(4)12-16(15)19/h10-12,17,20H,7-9,13H2,1-6H3. The molecule has 1 rings (SSSR count). The summed E-state index contributed by atoms with van der Waals surface area (Å²) in [4.78, 5) is 2.52. The summed E-state index contributed by atoms with van der Waals surface area (Å²) < 4.78 is 0. The van der Waals surface area contributed by atoms with Crippen molar-refractivity contribution in [2.24, 2.45) is 0 Å². The number of likely N-dealkylation sites (N-methyl/N-ethyl adjacent to an activating group) is 2. The summed E-state index contributed by atoms with van der Waals surface area (Å²) in [5, 5.41) is 4.54. The second-order valence-corrected chi connectivity index (χ2v) is 6.64. The SMILES string of the molecule is CCNC(Cc1ccc(C)cc1Cl)C(C)(C)N(CC)CC. The van der Waals surface area contributed by atoms with E-state index in [0.717, 1.165) is 31.1 Å². The molecule has 21 heavy (non-hydrogen) atoms. The topological polar surface area (TPSA) is 15.3 Å². The van der Waals surface area contributed by atoms with Crippen molar-refractivity contribution >= 4 is 11.6 Å². The molecule has 1 aromatic carbocycles. The highest BCUT2D eigenvalue weighted by Crippen LogP contribution is 2.25. The number of nitrogens with one attached hydrogen (secondary N) is 1. The Bertz CT molecular complexity index is 439. The lowest BCUT2D eigenvalue weighted by Crippen LogP contribution is -2.58. The predicted octanol–water partition coefficient (Wildman–Crippen LogP) is 4.29. The maximum atomic E-state index is 6.43. The van der Waals surface area contributed by atoms with Gasteiger partial charge in [-0.3, -0.25) is 4.90 Å². The van der Waals surface area contributed by atoms with Gasteiger partial charge in [-0.1, -0.05) is 44.5 Å². The molecule has 0 spiro atoms. The van der Waals surface area contributed by atoms with Crippen molar-refractivity contribution in [3.05, 3.63) is 34.3 Å². The van der Waals surface area contributed by atoms with E-state index < -0.39 is 0 Å². The van der Waals surface area contributed by atoms with Crippen molar-refractivity contribution in [1.29, 1.82) is 0 Å². The fraction of sp³-hybridized carbons (Fsp3) is 0.667. The third kappa shape index (κ3) is 4.70. The van der Waals surface area contributed by atoms with Gasteiger partial charge >= 0.3 is 0 Å². The lowest BCUT2D eigenvalue weighted by Gasteiger charge is -2.44. The van der Waals surface area contributed by atoms with Crippen LogP contribution in [0.4, 0.5) is 0 Å². The van der Waals surface area contributed by atoms with Crippen LogP contribution in [-0.2, 0) is 6.42 Å². The summed E-state index contributed by atoms with van der Waals surface area (Å²) in [5.74, 6) is 0. The first-order chi connectivity index (χ1) is 9.86. The van der Waals surface area contributed by atoms with Crippen LogP contribution >= 0.6 is 11.6 Å². The quantitative estimate of drug-likeness (QED) is 0.770. The molecule has 1 atom stereocenters. The van der Waals surface area contributed by atoms with E-state index in [4.69, 9.17) is 11.6 Å². The number of aryl methyl sites for hydroxylation is 1. The Morgan fingerprint density at radius 1 is 1.19 bits per heavy atom. The van der Waals surface area contributed by atoms with Gasteiger partial charge in [0.2, 0.25) is 0 Å². The zero-order chi connectivity index (χ0) is 16.0. The van der Waals surface area contributed by atoms with Gasteiger partial charge in [0, 0.05) is 16.6 Å². The van der Waals surface area contributed by atoms with E-state index in [1.807, 2.05) is 0 Å². The van der Waals surface area contributed by atoms with E-state index in [0.29, 0.717) is 6.04 Å². The second-order valence-electron chi connectivity index (χ2n) is 6.24. The van der Waals surface area contributed by atoms with Gasteiger partial charge in [-0.05, 0) is 64.0 Å². The minimum absolute atomic E-state index is 0.0910. The average Bonchev–Trinajstić information content (AvgIpc) is 2.42. The Balaban J connectivity index is 3.00. The van der Waals surface area contributed by atoms with Crippen LogP contribution < -0.4 is 5.32 Å². The van der Waals surface area contributed by atoms with Crippen LogP contribution in [0.3, 0.4) is 0 Å². The molecule has 3 heteroatoms. The van der Waals surface area contributed by atoms with Crippen molar-refractivity contribution in [3.8, 4) is 0 Å². The largest absolute Gasteiger partial charge is 0.312 e. The highest BCUT2D eigenvalue weighted by Gasteiger charge is 2.33. The van der Waals surface area contributed by atoms with Crippen LogP contribution in [0, 0.1) is 6.92 Å². The van der Waals surface area contributed by atoms with Crippen molar-refractivity contribution in [2.45, 2.75) is 59.5 Å². The Morgan fingerprint density at radius 2 is 1.81 bits per heavy atom. The first kappa shape index (κ1) is 18.5. The Kier molecular flexibility index (Phi) is 7.19. The van der Waals surface area contributed by atoms with Gasteiger partial charge < -0.3 is 5.32 Å². The summed E-state index contributed by atoms with van der Waals surface area (Å²) >= 11 is 6.43. The summed E-state index contributed by atoms with van der Waals surface area (Å²) in [6.45, 7) is 16.5. The van der Waals surface area contributed by atoms with E-state index in [9.17, 15) is 0 Å². The van der Waals surface area contributed by atoms with Gasteiger partial charge in [0.05, 0.1) is 0 Å². The molecule has 0 heterocycles. The molecule has 0 aliphatic carbocycles. The maximum Gasteiger partial charge on any atom is 0.0441 e. The van der Waals surface area contributed by atoms with Crippen LogP contribution in [0.2, 0.25) is 5.02 Å². The number of hydrogen-bond acceptors (Lipinski definition) is 2. The van der Waals surface area contributed by atoms with E-state index in [-0.39, 0.29) is 5.54 Å². The molecular formula is C18H31ClN2. The summed E-state index contributed by atoms with van der Waals surface area (Å²) in [6.07, 6.45) is 0.955. The third-order valence-corrected chi connectivity index (χ3v) is 4.87. The van der Waals surface area contributed by atoms with Crippen LogP contribution in [0.25, 0.3) is 0 Å². The summed E-state index contributed by atoms with van der Waals surface area (Å²) in [7, 11) is 0. The monoisotopic (exact) mass is 310 g/mol. The number of benzene rings is 1. The Hall–Kier alpha value is -0.570. The van der Waals surface area contributed by atoms with Crippen molar-refractivity contribution in [2.75, 3.05) is 19.6 Å². The van der Waals surface area contributed by atoms with Crippen LogP contribution in [0.15, 0.2) is 18.2 Å². The van der Waals surface area contributed by atoms with Gasteiger partial charge in [-0.15, -0.1) is 0 Å². The van der Waals surface area contributed by atoms with E-state index >= 15 is 0 Å². The molecule has 2 nitrogen and oxygen atoms in total. The van der Waals surface area contributed by atoms with Crippen molar-refractivity contribution in [1.82, 2.24) is 10.2 Å². The minimum Gasteiger partial charge on any atom is -0.312 e. The first-order valence-corrected chi connectivity index (χ1v) is 8.48. The molecule has 0 aromatic heterocycles. The molecule has 1 aromatic rings. The smallest absolute Gasteiger partial charge is 0.0441 e. The molecule has 0 aliphatic rings. The zero-order valence-corrected chi connectivity index (χ0v) is 15.2. The molecule has 0 bridgehead atoms. The molecule has 120 valence electrons. The highest BCUT2D eigenvalue weighted by molar-refractivity contribution is 6.31. The first-order valence-electron chi connectivity index (χ1n) is 8.10. The van der Waals surface area contributed by atoms with Gasteiger partial charge in [0.25, 0.3) is 0 Å². The third-order valence-electron chi connectivity index (χ3n) is 4.51. The molecule has 0 fully saturated rings.